The van der Waals surface area contributed by atoms with Crippen molar-refractivity contribution in [1.82, 2.24) is 5.32 Å². The summed E-state index contributed by atoms with van der Waals surface area (Å²) in [5.74, 6) is -0.244. The summed E-state index contributed by atoms with van der Waals surface area (Å²) in [4.78, 5) is 24.9. The number of pyridine rings is 1. The fraction of sp³-hybridized carbons (Fsp3) is 0.316. The molecule has 0 radical (unpaired) electrons. The molecule has 2 amide bonds. The average molecular weight is 372 g/mol. The van der Waals surface area contributed by atoms with Crippen molar-refractivity contribution < 1.29 is 28.0 Å². The van der Waals surface area contributed by atoms with Gasteiger partial charge in [0.1, 0.15) is 37.4 Å². The van der Waals surface area contributed by atoms with Gasteiger partial charge in [0.15, 0.2) is 12.4 Å². The number of hydrogen-bond donors (Lipinski definition) is 1. The van der Waals surface area contributed by atoms with Crippen molar-refractivity contribution in [3.8, 4) is 16.9 Å². The number of cyclic esters (lactones) is 1. The number of ether oxygens (including phenoxy) is 2. The van der Waals surface area contributed by atoms with Gasteiger partial charge in [0.2, 0.25) is 5.91 Å². The van der Waals surface area contributed by atoms with Gasteiger partial charge in [0.05, 0.1) is 12.2 Å². The minimum absolute atomic E-state index is 0.183. The van der Waals surface area contributed by atoms with Crippen molar-refractivity contribution in [3.05, 3.63) is 42.5 Å². The van der Waals surface area contributed by atoms with E-state index in [1.165, 1.54) is 17.9 Å². The monoisotopic (exact) mass is 372 g/mol. The van der Waals surface area contributed by atoms with Crippen LogP contribution in [-0.2, 0) is 16.6 Å². The first-order valence-corrected chi connectivity index (χ1v) is 8.60. The Bertz CT molecular complexity index is 916. The molecule has 4 rings (SSSR count). The predicted molar refractivity (Wildman–Crippen MR) is 93.7 cm³/mol. The Kier molecular flexibility index (Phi) is 4.18. The van der Waals surface area contributed by atoms with E-state index < -0.39 is 24.1 Å². The van der Waals surface area contributed by atoms with Gasteiger partial charge in [-0.2, -0.15) is 0 Å². The summed E-state index contributed by atoms with van der Waals surface area (Å²) in [6, 6.07) is 6.10. The van der Waals surface area contributed by atoms with Crippen molar-refractivity contribution >= 4 is 17.7 Å². The molecule has 1 saturated heterocycles. The number of carbonyl (C=O) groups is 2. The lowest BCUT2D eigenvalue weighted by atomic mass is 10.0. The zero-order valence-electron chi connectivity index (χ0n) is 14.9. The lowest BCUT2D eigenvalue weighted by Gasteiger charge is -2.31. The van der Waals surface area contributed by atoms with Gasteiger partial charge in [-0.3, -0.25) is 9.69 Å². The Labute approximate surface area is 155 Å². The molecule has 2 unspecified atom stereocenters. The number of hydrogen-bond acceptors (Lipinski definition) is 4. The van der Waals surface area contributed by atoms with Crippen LogP contribution in [-0.4, -0.2) is 37.3 Å². The van der Waals surface area contributed by atoms with Crippen LogP contribution in [0.3, 0.4) is 0 Å². The number of fused-ring (bicyclic) bond motifs is 3. The average Bonchev–Trinajstić information content (AvgIpc) is 2.96. The second kappa shape index (κ2) is 6.53. The van der Waals surface area contributed by atoms with E-state index >= 15 is 0 Å². The molecule has 8 heteroatoms. The summed E-state index contributed by atoms with van der Waals surface area (Å²) in [5, 5.41) is 2.64. The maximum absolute atomic E-state index is 14.8. The summed E-state index contributed by atoms with van der Waals surface area (Å²) < 4.78 is 27.8. The van der Waals surface area contributed by atoms with Crippen molar-refractivity contribution in [1.29, 1.82) is 0 Å². The highest BCUT2D eigenvalue weighted by atomic mass is 19.1. The number of amides is 2. The summed E-state index contributed by atoms with van der Waals surface area (Å²) in [6.45, 7) is 1.78. The van der Waals surface area contributed by atoms with Crippen molar-refractivity contribution in [2.24, 2.45) is 7.05 Å². The van der Waals surface area contributed by atoms with Gasteiger partial charge in [0, 0.05) is 30.7 Å². The summed E-state index contributed by atoms with van der Waals surface area (Å²) in [7, 11) is 1.88. The first kappa shape index (κ1) is 17.3. The van der Waals surface area contributed by atoms with E-state index in [2.05, 4.69) is 5.32 Å². The number of anilines is 1. The SMILES string of the molecule is CC(=O)NCC1OC(=O)N2c3cc(F)c(-c4cc[n+](C)cc4)cc3OCC12. The zero-order valence-corrected chi connectivity index (χ0v) is 14.9. The Morgan fingerprint density at radius 3 is 2.81 bits per heavy atom. The third-order valence-electron chi connectivity index (χ3n) is 4.77. The molecule has 2 aromatic rings. The molecule has 7 nitrogen and oxygen atoms in total. The molecule has 3 heterocycles. The fourth-order valence-corrected chi connectivity index (χ4v) is 3.37. The summed E-state index contributed by atoms with van der Waals surface area (Å²) in [6.07, 6.45) is 2.54. The number of benzene rings is 1. The van der Waals surface area contributed by atoms with Gasteiger partial charge in [0.25, 0.3) is 0 Å². The zero-order chi connectivity index (χ0) is 19.1. The largest absolute Gasteiger partial charge is 0.489 e. The third kappa shape index (κ3) is 3.07. The number of carbonyl (C=O) groups excluding carboxylic acids is 2. The Balaban J connectivity index is 1.66. The minimum Gasteiger partial charge on any atom is -0.489 e. The van der Waals surface area contributed by atoms with E-state index in [4.69, 9.17) is 9.47 Å². The highest BCUT2D eigenvalue weighted by Gasteiger charge is 2.46. The molecule has 0 saturated carbocycles. The Hall–Kier alpha value is -3.16. The van der Waals surface area contributed by atoms with Crippen molar-refractivity contribution in [2.75, 3.05) is 18.1 Å². The van der Waals surface area contributed by atoms with Gasteiger partial charge in [-0.25, -0.2) is 13.8 Å². The molecular formula is C19H19FN3O4+. The van der Waals surface area contributed by atoms with E-state index in [0.717, 1.165) is 0 Å². The molecule has 1 aromatic carbocycles. The molecule has 0 aliphatic carbocycles. The highest BCUT2D eigenvalue weighted by Crippen LogP contribution is 2.42. The molecule has 2 aliphatic heterocycles. The minimum atomic E-state index is -0.571. The van der Waals surface area contributed by atoms with Crippen LogP contribution in [0.1, 0.15) is 6.92 Å². The van der Waals surface area contributed by atoms with Gasteiger partial charge in [-0.1, -0.05) is 0 Å². The van der Waals surface area contributed by atoms with Crippen molar-refractivity contribution in [3.63, 3.8) is 0 Å². The Morgan fingerprint density at radius 2 is 2.11 bits per heavy atom. The van der Waals surface area contributed by atoms with E-state index in [1.807, 2.05) is 36.1 Å². The number of halogens is 1. The van der Waals surface area contributed by atoms with E-state index in [1.54, 1.807) is 6.07 Å². The quantitative estimate of drug-likeness (QED) is 0.830. The molecule has 140 valence electrons. The smallest absolute Gasteiger partial charge is 0.415 e. The topological polar surface area (TPSA) is 71.8 Å². The standard InChI is InChI=1S/C19H18FN3O4/c1-11(24)21-9-18-16-10-26-17-7-13(12-3-5-22(2)6-4-12)14(20)8-15(17)23(16)19(25)27-18/h3-8,16,18H,9-10H2,1-2H3/p+1. The lowest BCUT2D eigenvalue weighted by molar-refractivity contribution is -0.671. The number of rotatable bonds is 3. The van der Waals surface area contributed by atoms with Gasteiger partial charge >= 0.3 is 6.09 Å². The van der Waals surface area contributed by atoms with Crippen LogP contribution < -0.4 is 19.5 Å². The van der Waals surface area contributed by atoms with E-state index in [9.17, 15) is 14.0 Å². The van der Waals surface area contributed by atoms with Crippen LogP contribution in [0.25, 0.3) is 11.1 Å². The number of aromatic nitrogens is 1. The predicted octanol–water partition coefficient (Wildman–Crippen LogP) is 1.54. The highest BCUT2D eigenvalue weighted by molar-refractivity contribution is 5.94. The fourth-order valence-electron chi connectivity index (χ4n) is 3.37. The molecule has 1 N–H and O–H groups in total. The van der Waals surface area contributed by atoms with Gasteiger partial charge in [-0.15, -0.1) is 0 Å². The molecular weight excluding hydrogens is 353 g/mol. The van der Waals surface area contributed by atoms with Crippen LogP contribution >= 0.6 is 0 Å². The maximum atomic E-state index is 14.8. The molecule has 27 heavy (non-hydrogen) atoms. The number of aryl methyl sites for hydroxylation is 1. The summed E-state index contributed by atoms with van der Waals surface area (Å²) in [5.41, 5.74) is 1.45. The molecule has 1 aromatic heterocycles. The van der Waals surface area contributed by atoms with Crippen molar-refractivity contribution in [2.45, 2.75) is 19.1 Å². The first-order chi connectivity index (χ1) is 12.9. The molecule has 2 atom stereocenters. The summed E-state index contributed by atoms with van der Waals surface area (Å²) >= 11 is 0. The third-order valence-corrected chi connectivity index (χ3v) is 4.77. The normalized spacial score (nSPS) is 20.4. The van der Waals surface area contributed by atoms with Crippen LogP contribution in [0.15, 0.2) is 36.7 Å². The van der Waals surface area contributed by atoms with Gasteiger partial charge < -0.3 is 14.8 Å². The van der Waals surface area contributed by atoms with E-state index in [0.29, 0.717) is 22.6 Å². The second-order valence-electron chi connectivity index (χ2n) is 6.66. The molecule has 2 aliphatic rings. The second-order valence-corrected chi connectivity index (χ2v) is 6.66. The number of nitrogens with zero attached hydrogens (tertiary/aromatic N) is 2. The van der Waals surface area contributed by atoms with Crippen LogP contribution in [0, 0.1) is 5.82 Å². The van der Waals surface area contributed by atoms with Crippen LogP contribution in [0.5, 0.6) is 5.75 Å². The van der Waals surface area contributed by atoms with E-state index in [-0.39, 0.29) is 19.1 Å². The maximum Gasteiger partial charge on any atom is 0.415 e. The molecule has 0 bridgehead atoms. The first-order valence-electron chi connectivity index (χ1n) is 8.60. The Morgan fingerprint density at radius 1 is 1.37 bits per heavy atom. The molecule has 0 spiro atoms. The molecule has 1 fully saturated rings. The van der Waals surface area contributed by atoms with Crippen LogP contribution in [0.4, 0.5) is 14.9 Å². The van der Waals surface area contributed by atoms with Crippen LogP contribution in [0.2, 0.25) is 0 Å². The van der Waals surface area contributed by atoms with Gasteiger partial charge in [-0.05, 0) is 11.6 Å². The lowest BCUT2D eigenvalue weighted by Crippen LogP contribution is -2.47. The number of nitrogens with one attached hydrogen (secondary N) is 1.